The summed E-state index contributed by atoms with van der Waals surface area (Å²) in [5, 5.41) is 0. The van der Waals surface area contributed by atoms with Gasteiger partial charge in [-0.15, -0.1) is 0 Å². The van der Waals surface area contributed by atoms with Crippen LogP contribution in [-0.2, 0) is 4.74 Å². The van der Waals surface area contributed by atoms with Crippen LogP contribution in [0.3, 0.4) is 0 Å². The topological polar surface area (TPSA) is 49.2 Å². The average molecular weight is 320 g/mol. The second-order valence-electron chi connectivity index (χ2n) is 6.71. The molecule has 5 nitrogen and oxygen atoms in total. The van der Waals surface area contributed by atoms with E-state index in [-0.39, 0.29) is 12.1 Å². The number of fused-ring (bicyclic) bond motifs is 1. The van der Waals surface area contributed by atoms with Crippen molar-refractivity contribution in [2.45, 2.75) is 32.8 Å². The monoisotopic (exact) mass is 320 g/mol. The Bertz CT molecular complexity index is 552. The third-order valence-corrected chi connectivity index (χ3v) is 4.64. The van der Waals surface area contributed by atoms with Crippen molar-refractivity contribution in [3.8, 4) is 11.5 Å². The van der Waals surface area contributed by atoms with Gasteiger partial charge in [0.05, 0.1) is 18.7 Å². The molecule has 23 heavy (non-hydrogen) atoms. The minimum Gasteiger partial charge on any atom is -0.486 e. The Morgan fingerprint density at radius 3 is 2.70 bits per heavy atom. The first kappa shape index (κ1) is 16.1. The summed E-state index contributed by atoms with van der Waals surface area (Å²) in [6.45, 7) is 8.57. The number of benzene rings is 1. The number of piperidine rings is 1. The first-order valence-corrected chi connectivity index (χ1v) is 8.56. The average Bonchev–Trinajstić information content (AvgIpc) is 2.56. The summed E-state index contributed by atoms with van der Waals surface area (Å²) >= 11 is 0. The molecule has 1 N–H and O–H groups in total. The second-order valence-corrected chi connectivity index (χ2v) is 6.71. The molecule has 3 rings (SSSR count). The number of likely N-dealkylation sites (tertiary alicyclic amines) is 1. The molecular formula is C18H26NO4+. The fraction of sp³-hybridized carbons (Fsp3) is 0.611. The largest absolute Gasteiger partial charge is 0.486 e. The summed E-state index contributed by atoms with van der Waals surface area (Å²) in [5.41, 5.74) is 0.517. The lowest BCUT2D eigenvalue weighted by atomic mass is 9.99. The smallest absolute Gasteiger partial charge is 0.338 e. The molecule has 1 atom stereocenters. The molecule has 2 heterocycles. The van der Waals surface area contributed by atoms with Gasteiger partial charge < -0.3 is 19.1 Å². The van der Waals surface area contributed by atoms with Crippen molar-refractivity contribution < 1.29 is 23.9 Å². The molecule has 2 aliphatic heterocycles. The molecule has 0 bridgehead atoms. The molecule has 1 fully saturated rings. The standard InChI is InChI=1S/C18H25NO4/c1-13-5-7-19(8-6-13)12-14(2)23-18(20)15-3-4-16-17(11-15)22-10-9-21-16/h3-4,11,13-14H,5-10,12H2,1-2H3/p+1/t14-/m0/s1. The highest BCUT2D eigenvalue weighted by Gasteiger charge is 2.23. The number of ether oxygens (including phenoxy) is 3. The van der Waals surface area contributed by atoms with Crippen LogP contribution in [0.25, 0.3) is 0 Å². The van der Waals surface area contributed by atoms with Crippen molar-refractivity contribution in [2.24, 2.45) is 5.92 Å². The van der Waals surface area contributed by atoms with Crippen LogP contribution >= 0.6 is 0 Å². The number of carbonyl (C=O) groups is 1. The molecule has 5 heteroatoms. The van der Waals surface area contributed by atoms with Crippen LogP contribution in [-0.4, -0.2) is 44.9 Å². The minimum absolute atomic E-state index is 0.0842. The Hall–Kier alpha value is -1.75. The normalized spacial score (nSPS) is 24.8. The molecule has 0 spiro atoms. The van der Waals surface area contributed by atoms with Crippen LogP contribution in [0.5, 0.6) is 11.5 Å². The van der Waals surface area contributed by atoms with Gasteiger partial charge in [-0.2, -0.15) is 0 Å². The molecule has 126 valence electrons. The lowest BCUT2D eigenvalue weighted by molar-refractivity contribution is -0.908. The summed E-state index contributed by atoms with van der Waals surface area (Å²) in [6.07, 6.45) is 2.44. The fourth-order valence-electron chi connectivity index (χ4n) is 3.24. The van der Waals surface area contributed by atoms with E-state index in [0.717, 1.165) is 12.5 Å². The van der Waals surface area contributed by atoms with Crippen LogP contribution < -0.4 is 14.4 Å². The number of quaternary nitrogens is 1. The van der Waals surface area contributed by atoms with Crippen molar-refractivity contribution >= 4 is 5.97 Å². The first-order valence-electron chi connectivity index (χ1n) is 8.56. The molecule has 0 radical (unpaired) electrons. The molecular weight excluding hydrogens is 294 g/mol. The highest BCUT2D eigenvalue weighted by molar-refractivity contribution is 5.90. The van der Waals surface area contributed by atoms with E-state index in [2.05, 4.69) is 6.92 Å². The van der Waals surface area contributed by atoms with Gasteiger partial charge in [-0.1, -0.05) is 6.92 Å². The van der Waals surface area contributed by atoms with E-state index in [1.807, 2.05) is 6.92 Å². The molecule has 0 unspecified atom stereocenters. The van der Waals surface area contributed by atoms with Crippen LogP contribution in [0.15, 0.2) is 18.2 Å². The molecule has 0 aliphatic carbocycles. The third kappa shape index (κ3) is 4.16. The lowest BCUT2D eigenvalue weighted by Gasteiger charge is -2.29. The Kier molecular flexibility index (Phi) is 5.06. The Morgan fingerprint density at radius 2 is 1.96 bits per heavy atom. The number of nitrogens with one attached hydrogen (secondary N) is 1. The predicted molar refractivity (Wildman–Crippen MR) is 86.3 cm³/mol. The van der Waals surface area contributed by atoms with Gasteiger partial charge in [0.15, 0.2) is 11.5 Å². The van der Waals surface area contributed by atoms with Gasteiger partial charge in [0.2, 0.25) is 0 Å². The molecule has 1 saturated heterocycles. The molecule has 1 aromatic carbocycles. The Morgan fingerprint density at radius 1 is 1.26 bits per heavy atom. The maximum Gasteiger partial charge on any atom is 0.338 e. The zero-order valence-electron chi connectivity index (χ0n) is 14.0. The van der Waals surface area contributed by atoms with E-state index in [9.17, 15) is 4.79 Å². The van der Waals surface area contributed by atoms with E-state index in [1.165, 1.54) is 30.8 Å². The number of carbonyl (C=O) groups excluding carboxylic acids is 1. The molecule has 2 aliphatic rings. The van der Waals surface area contributed by atoms with E-state index < -0.39 is 0 Å². The van der Waals surface area contributed by atoms with Crippen molar-refractivity contribution in [2.75, 3.05) is 32.8 Å². The van der Waals surface area contributed by atoms with Gasteiger partial charge in [0, 0.05) is 0 Å². The quantitative estimate of drug-likeness (QED) is 0.850. The summed E-state index contributed by atoms with van der Waals surface area (Å²) < 4.78 is 16.6. The molecule has 0 aromatic heterocycles. The van der Waals surface area contributed by atoms with Gasteiger partial charge >= 0.3 is 5.97 Å². The summed E-state index contributed by atoms with van der Waals surface area (Å²) in [4.78, 5) is 13.8. The van der Waals surface area contributed by atoms with Crippen molar-refractivity contribution in [1.29, 1.82) is 0 Å². The number of hydrogen-bond donors (Lipinski definition) is 1. The zero-order valence-corrected chi connectivity index (χ0v) is 14.0. The van der Waals surface area contributed by atoms with Gasteiger partial charge in [-0.3, -0.25) is 0 Å². The van der Waals surface area contributed by atoms with Crippen molar-refractivity contribution in [1.82, 2.24) is 0 Å². The number of hydrogen-bond acceptors (Lipinski definition) is 4. The number of esters is 1. The van der Waals surface area contributed by atoms with Gasteiger partial charge in [-0.25, -0.2) is 4.79 Å². The molecule has 0 amide bonds. The van der Waals surface area contributed by atoms with E-state index in [0.29, 0.717) is 30.3 Å². The van der Waals surface area contributed by atoms with E-state index in [1.54, 1.807) is 18.2 Å². The molecule has 0 saturated carbocycles. The Balaban J connectivity index is 1.54. The van der Waals surface area contributed by atoms with Crippen LogP contribution in [0.4, 0.5) is 0 Å². The summed E-state index contributed by atoms with van der Waals surface area (Å²) in [6, 6.07) is 5.21. The SMILES string of the molecule is CC1CC[NH+](C[C@H](C)OC(=O)c2ccc3c(c2)OCCO3)CC1. The third-order valence-electron chi connectivity index (χ3n) is 4.64. The van der Waals surface area contributed by atoms with Crippen LogP contribution in [0, 0.1) is 5.92 Å². The van der Waals surface area contributed by atoms with Crippen LogP contribution in [0.2, 0.25) is 0 Å². The van der Waals surface area contributed by atoms with Crippen molar-refractivity contribution in [3.63, 3.8) is 0 Å². The zero-order chi connectivity index (χ0) is 16.2. The van der Waals surface area contributed by atoms with Crippen LogP contribution in [0.1, 0.15) is 37.0 Å². The van der Waals surface area contributed by atoms with Gasteiger partial charge in [-0.05, 0) is 43.9 Å². The van der Waals surface area contributed by atoms with E-state index in [4.69, 9.17) is 14.2 Å². The molecule has 1 aromatic rings. The fourth-order valence-corrected chi connectivity index (χ4v) is 3.24. The summed E-state index contributed by atoms with van der Waals surface area (Å²) in [5.74, 6) is 1.84. The van der Waals surface area contributed by atoms with Crippen molar-refractivity contribution in [3.05, 3.63) is 23.8 Å². The minimum atomic E-state index is -0.292. The first-order chi connectivity index (χ1) is 11.1. The predicted octanol–water partition coefficient (Wildman–Crippen LogP) is 1.32. The van der Waals surface area contributed by atoms with E-state index >= 15 is 0 Å². The highest BCUT2D eigenvalue weighted by atomic mass is 16.6. The summed E-state index contributed by atoms with van der Waals surface area (Å²) in [7, 11) is 0. The highest BCUT2D eigenvalue weighted by Crippen LogP contribution is 2.30. The van der Waals surface area contributed by atoms with Gasteiger partial charge in [0.1, 0.15) is 25.9 Å². The lowest BCUT2D eigenvalue weighted by Crippen LogP contribution is -3.14. The second kappa shape index (κ2) is 7.21. The number of rotatable bonds is 4. The maximum absolute atomic E-state index is 12.3. The van der Waals surface area contributed by atoms with Gasteiger partial charge in [0.25, 0.3) is 0 Å². The maximum atomic E-state index is 12.3. The Labute approximate surface area is 137 Å².